The number of ether oxygens (including phenoxy) is 1. The van der Waals surface area contributed by atoms with Crippen LogP contribution in [0.15, 0.2) is 41.3 Å². The summed E-state index contributed by atoms with van der Waals surface area (Å²) in [6.07, 6.45) is 1.99. The number of hydrogen-bond donors (Lipinski definition) is 1. The highest BCUT2D eigenvalue weighted by atomic mass is 32.2. The summed E-state index contributed by atoms with van der Waals surface area (Å²) in [5.41, 5.74) is 3.41. The van der Waals surface area contributed by atoms with Crippen molar-refractivity contribution in [2.24, 2.45) is 0 Å². The molecule has 7 heteroatoms. The summed E-state index contributed by atoms with van der Waals surface area (Å²) in [6, 6.07) is 10.3. The van der Waals surface area contributed by atoms with Gasteiger partial charge >= 0.3 is 0 Å². The van der Waals surface area contributed by atoms with Crippen LogP contribution < -0.4 is 14.4 Å². The third-order valence-corrected chi connectivity index (χ3v) is 6.84. The minimum absolute atomic E-state index is 0.0859. The van der Waals surface area contributed by atoms with Crippen molar-refractivity contribution in [2.75, 3.05) is 18.6 Å². The Kier molecular flexibility index (Phi) is 6.29. The van der Waals surface area contributed by atoms with Gasteiger partial charge in [-0.15, -0.1) is 0 Å². The Balaban J connectivity index is 1.85. The minimum atomic E-state index is -3.71. The van der Waals surface area contributed by atoms with Crippen LogP contribution in [0.5, 0.6) is 5.75 Å². The van der Waals surface area contributed by atoms with Crippen LogP contribution in [-0.4, -0.2) is 28.0 Å². The fourth-order valence-corrected chi connectivity index (χ4v) is 5.15. The van der Waals surface area contributed by atoms with Gasteiger partial charge in [0.15, 0.2) is 0 Å². The number of aryl methyl sites for hydroxylation is 2. The zero-order valence-electron chi connectivity index (χ0n) is 17.4. The predicted octanol–water partition coefficient (Wildman–Crippen LogP) is 3.87. The number of nitrogens with one attached hydrogen (secondary N) is 1. The number of hydrogen-bond acceptors (Lipinski definition) is 4. The topological polar surface area (TPSA) is 75.7 Å². The molecule has 0 unspecified atom stereocenters. The monoisotopic (exact) mass is 416 g/mol. The zero-order valence-corrected chi connectivity index (χ0v) is 18.2. The molecule has 6 nitrogen and oxygen atoms in total. The molecule has 2 aromatic carbocycles. The van der Waals surface area contributed by atoms with E-state index in [4.69, 9.17) is 4.74 Å². The van der Waals surface area contributed by atoms with Crippen LogP contribution in [0.4, 0.5) is 5.69 Å². The van der Waals surface area contributed by atoms with Gasteiger partial charge in [-0.2, -0.15) is 0 Å². The molecular weight excluding hydrogens is 388 g/mol. The molecule has 1 heterocycles. The summed E-state index contributed by atoms with van der Waals surface area (Å²) < 4.78 is 34.1. The molecule has 0 aliphatic carbocycles. The highest BCUT2D eigenvalue weighted by Crippen LogP contribution is 2.29. The van der Waals surface area contributed by atoms with Crippen molar-refractivity contribution in [2.45, 2.75) is 51.0 Å². The molecule has 1 saturated heterocycles. The van der Waals surface area contributed by atoms with E-state index >= 15 is 0 Å². The van der Waals surface area contributed by atoms with Gasteiger partial charge < -0.3 is 9.64 Å². The number of rotatable bonds is 7. The molecule has 1 aliphatic rings. The molecule has 0 saturated carbocycles. The third kappa shape index (κ3) is 4.46. The van der Waals surface area contributed by atoms with Gasteiger partial charge in [-0.25, -0.2) is 13.1 Å². The molecule has 0 aromatic heterocycles. The zero-order chi connectivity index (χ0) is 21.2. The maximum Gasteiger partial charge on any atom is 0.241 e. The van der Waals surface area contributed by atoms with Gasteiger partial charge in [0.2, 0.25) is 15.9 Å². The van der Waals surface area contributed by atoms with Crippen molar-refractivity contribution in [3.63, 3.8) is 0 Å². The van der Waals surface area contributed by atoms with E-state index in [1.807, 2.05) is 39.0 Å². The summed E-state index contributed by atoms with van der Waals surface area (Å²) in [7, 11) is -2.09. The van der Waals surface area contributed by atoms with Gasteiger partial charge in [0.05, 0.1) is 12.0 Å². The first kappa shape index (κ1) is 21.3. The van der Waals surface area contributed by atoms with Gasteiger partial charge in [-0.05, 0) is 67.6 Å². The van der Waals surface area contributed by atoms with Gasteiger partial charge in [-0.3, -0.25) is 4.79 Å². The standard InChI is InChI=1S/C22H28N2O4S/c1-5-19(17-8-11-21(28-4)16(3)13-17)23-29(26,27)18-9-10-20(15(2)14-18)24-12-6-7-22(24)25/h8-11,13-14,19,23H,5-7,12H2,1-4H3/t19-/m0/s1. The predicted molar refractivity (Wildman–Crippen MR) is 114 cm³/mol. The molecule has 1 aliphatic heterocycles. The Morgan fingerprint density at radius 1 is 1.14 bits per heavy atom. The number of anilines is 1. The summed E-state index contributed by atoms with van der Waals surface area (Å²) in [5, 5.41) is 0. The minimum Gasteiger partial charge on any atom is -0.496 e. The average molecular weight is 417 g/mol. The molecule has 0 radical (unpaired) electrons. The highest BCUT2D eigenvalue weighted by molar-refractivity contribution is 7.89. The van der Waals surface area contributed by atoms with Crippen molar-refractivity contribution >= 4 is 21.6 Å². The molecule has 1 atom stereocenters. The molecule has 1 amide bonds. The SMILES string of the molecule is CC[C@H](NS(=O)(=O)c1ccc(N2CCCC2=O)c(C)c1)c1ccc(OC)c(C)c1. The van der Waals surface area contributed by atoms with Crippen LogP contribution in [0.1, 0.15) is 48.9 Å². The van der Waals surface area contributed by atoms with Crippen LogP contribution in [-0.2, 0) is 14.8 Å². The van der Waals surface area contributed by atoms with Crippen LogP contribution in [0.2, 0.25) is 0 Å². The van der Waals surface area contributed by atoms with E-state index in [1.54, 1.807) is 30.2 Å². The van der Waals surface area contributed by atoms with Gasteiger partial charge in [-0.1, -0.05) is 19.1 Å². The lowest BCUT2D eigenvalue weighted by molar-refractivity contribution is -0.117. The molecule has 2 aromatic rings. The summed E-state index contributed by atoms with van der Waals surface area (Å²) in [4.78, 5) is 13.9. The number of sulfonamides is 1. The maximum absolute atomic E-state index is 13.0. The fourth-order valence-electron chi connectivity index (χ4n) is 3.76. The first-order chi connectivity index (χ1) is 13.8. The maximum atomic E-state index is 13.0. The average Bonchev–Trinajstić information content (AvgIpc) is 3.11. The molecule has 29 heavy (non-hydrogen) atoms. The summed E-state index contributed by atoms with van der Waals surface area (Å²) >= 11 is 0. The first-order valence-electron chi connectivity index (χ1n) is 9.84. The number of carbonyl (C=O) groups is 1. The Morgan fingerprint density at radius 3 is 2.45 bits per heavy atom. The van der Waals surface area contributed by atoms with E-state index < -0.39 is 10.0 Å². The molecule has 156 valence electrons. The quantitative estimate of drug-likeness (QED) is 0.743. The summed E-state index contributed by atoms with van der Waals surface area (Å²) in [6.45, 7) is 6.40. The lowest BCUT2D eigenvalue weighted by Gasteiger charge is -2.21. The van der Waals surface area contributed by atoms with E-state index in [1.165, 1.54) is 0 Å². The van der Waals surface area contributed by atoms with Crippen molar-refractivity contribution in [3.05, 3.63) is 53.1 Å². The number of methoxy groups -OCH3 is 1. The number of nitrogens with zero attached hydrogens (tertiary/aromatic N) is 1. The van der Waals surface area contributed by atoms with Gasteiger partial charge in [0.1, 0.15) is 5.75 Å². The lowest BCUT2D eigenvalue weighted by atomic mass is 10.0. The van der Waals surface area contributed by atoms with Gasteiger partial charge in [0.25, 0.3) is 0 Å². The largest absolute Gasteiger partial charge is 0.496 e. The molecule has 0 spiro atoms. The fraction of sp³-hybridized carbons (Fsp3) is 0.409. The van der Waals surface area contributed by atoms with Crippen LogP contribution in [0, 0.1) is 13.8 Å². The lowest BCUT2D eigenvalue weighted by Crippen LogP contribution is -2.29. The van der Waals surface area contributed by atoms with E-state index in [0.717, 1.165) is 34.5 Å². The first-order valence-corrected chi connectivity index (χ1v) is 11.3. The Morgan fingerprint density at radius 2 is 1.90 bits per heavy atom. The van der Waals surface area contributed by atoms with Gasteiger partial charge in [0, 0.05) is 24.7 Å². The highest BCUT2D eigenvalue weighted by Gasteiger charge is 2.25. The van der Waals surface area contributed by atoms with E-state index in [-0.39, 0.29) is 16.8 Å². The third-order valence-electron chi connectivity index (χ3n) is 5.37. The second-order valence-corrected chi connectivity index (χ2v) is 9.12. The number of carbonyl (C=O) groups excluding carboxylic acids is 1. The number of amides is 1. The number of benzene rings is 2. The molecule has 1 fully saturated rings. The van der Waals surface area contributed by atoms with E-state index in [0.29, 0.717) is 19.4 Å². The molecular formula is C22H28N2O4S. The van der Waals surface area contributed by atoms with Crippen molar-refractivity contribution in [3.8, 4) is 5.75 Å². The molecule has 1 N–H and O–H groups in total. The smallest absolute Gasteiger partial charge is 0.241 e. The molecule has 0 bridgehead atoms. The summed E-state index contributed by atoms with van der Waals surface area (Å²) in [5.74, 6) is 0.858. The van der Waals surface area contributed by atoms with Crippen LogP contribution in [0.25, 0.3) is 0 Å². The second-order valence-electron chi connectivity index (χ2n) is 7.41. The Hall–Kier alpha value is -2.38. The van der Waals surface area contributed by atoms with E-state index in [2.05, 4.69) is 4.72 Å². The Bertz CT molecular complexity index is 1020. The second kappa shape index (κ2) is 8.55. The van der Waals surface area contributed by atoms with Crippen molar-refractivity contribution in [1.29, 1.82) is 0 Å². The van der Waals surface area contributed by atoms with Crippen LogP contribution >= 0.6 is 0 Å². The van der Waals surface area contributed by atoms with E-state index in [9.17, 15) is 13.2 Å². The molecule has 3 rings (SSSR count). The van der Waals surface area contributed by atoms with Crippen molar-refractivity contribution in [1.82, 2.24) is 4.72 Å². The Labute approximate surface area is 172 Å². The van der Waals surface area contributed by atoms with Crippen molar-refractivity contribution < 1.29 is 17.9 Å². The van der Waals surface area contributed by atoms with Crippen LogP contribution in [0.3, 0.4) is 0 Å². The normalized spacial score (nSPS) is 15.6.